The van der Waals surface area contributed by atoms with E-state index in [1.165, 1.54) is 11.5 Å². The van der Waals surface area contributed by atoms with Crippen molar-refractivity contribution in [2.45, 2.75) is 6.29 Å². The predicted octanol–water partition coefficient (Wildman–Crippen LogP) is 3.10. The molecule has 1 aromatic heterocycles. The van der Waals surface area contributed by atoms with Crippen LogP contribution in [0.25, 0.3) is 15.8 Å². The number of hydrogen-bond donors (Lipinski definition) is 0. The van der Waals surface area contributed by atoms with Gasteiger partial charge in [-0.3, -0.25) is 4.79 Å². The van der Waals surface area contributed by atoms with Crippen LogP contribution in [-0.2, 0) is 9.47 Å². The summed E-state index contributed by atoms with van der Waals surface area (Å²) in [5, 5.41) is 0.758. The molecule has 0 bridgehead atoms. The molecule has 4 rings (SSSR count). The van der Waals surface area contributed by atoms with Gasteiger partial charge >= 0.3 is 0 Å². The number of ether oxygens (including phenoxy) is 2. The standard InChI is InChI=1S/C16H13NO3S/c18-15-13-3-1-2-4-14(13)21-17(15)12-7-5-11(6-8-12)16-19-9-10-20-16/h1-8,16H,9-10H2. The zero-order valence-corrected chi connectivity index (χ0v) is 12.0. The Labute approximate surface area is 125 Å². The highest BCUT2D eigenvalue weighted by atomic mass is 32.1. The summed E-state index contributed by atoms with van der Waals surface area (Å²) in [6.07, 6.45) is -0.279. The number of nitrogens with zero attached hydrogens (tertiary/aromatic N) is 1. The lowest BCUT2D eigenvalue weighted by Crippen LogP contribution is -2.10. The molecule has 0 radical (unpaired) electrons. The maximum atomic E-state index is 12.4. The van der Waals surface area contributed by atoms with Gasteiger partial charge < -0.3 is 9.47 Å². The molecule has 0 N–H and O–H groups in total. The fraction of sp³-hybridized carbons (Fsp3) is 0.188. The van der Waals surface area contributed by atoms with Crippen molar-refractivity contribution >= 4 is 21.6 Å². The molecule has 1 aliphatic heterocycles. The minimum absolute atomic E-state index is 0.0247. The molecule has 4 nitrogen and oxygen atoms in total. The van der Waals surface area contributed by atoms with E-state index < -0.39 is 0 Å². The molecule has 0 spiro atoms. The van der Waals surface area contributed by atoms with Gasteiger partial charge in [0.05, 0.1) is 29.0 Å². The molecule has 0 amide bonds. The number of fused-ring (bicyclic) bond motifs is 1. The molecule has 1 fully saturated rings. The highest BCUT2D eigenvalue weighted by Gasteiger charge is 2.18. The van der Waals surface area contributed by atoms with Crippen LogP contribution < -0.4 is 5.56 Å². The van der Waals surface area contributed by atoms with E-state index in [2.05, 4.69) is 0 Å². The van der Waals surface area contributed by atoms with E-state index >= 15 is 0 Å². The van der Waals surface area contributed by atoms with E-state index in [1.54, 1.807) is 3.96 Å². The first-order valence-corrected chi connectivity index (χ1v) is 7.55. The smallest absolute Gasteiger partial charge is 0.273 e. The third-order valence-corrected chi connectivity index (χ3v) is 4.63. The summed E-state index contributed by atoms with van der Waals surface area (Å²) in [6, 6.07) is 15.4. The molecule has 3 aromatic rings. The molecule has 5 heteroatoms. The van der Waals surface area contributed by atoms with E-state index in [0.29, 0.717) is 13.2 Å². The summed E-state index contributed by atoms with van der Waals surface area (Å²) in [6.45, 7) is 1.25. The van der Waals surface area contributed by atoms with Gasteiger partial charge in [-0.25, -0.2) is 3.96 Å². The van der Waals surface area contributed by atoms with Crippen LogP contribution in [0.1, 0.15) is 11.9 Å². The Bertz CT molecular complexity index is 829. The van der Waals surface area contributed by atoms with E-state index in [9.17, 15) is 4.79 Å². The first-order valence-electron chi connectivity index (χ1n) is 6.77. The molecule has 106 valence electrons. The van der Waals surface area contributed by atoms with E-state index in [0.717, 1.165) is 21.3 Å². The Morgan fingerprint density at radius 3 is 2.43 bits per heavy atom. The highest BCUT2D eigenvalue weighted by Crippen LogP contribution is 2.25. The van der Waals surface area contributed by atoms with Gasteiger partial charge in [0.2, 0.25) is 0 Å². The Hall–Kier alpha value is -1.95. The maximum absolute atomic E-state index is 12.4. The van der Waals surface area contributed by atoms with Crippen molar-refractivity contribution < 1.29 is 9.47 Å². The van der Waals surface area contributed by atoms with Crippen molar-refractivity contribution in [3.05, 3.63) is 64.4 Å². The maximum Gasteiger partial charge on any atom is 0.273 e. The largest absolute Gasteiger partial charge is 0.346 e. The fourth-order valence-electron chi connectivity index (χ4n) is 2.46. The number of rotatable bonds is 2. The molecule has 0 aliphatic carbocycles. The van der Waals surface area contributed by atoms with Crippen molar-refractivity contribution in [1.82, 2.24) is 3.96 Å². The lowest BCUT2D eigenvalue weighted by atomic mass is 10.2. The molecule has 2 heterocycles. The lowest BCUT2D eigenvalue weighted by Gasteiger charge is -2.09. The lowest BCUT2D eigenvalue weighted by molar-refractivity contribution is -0.0441. The summed E-state index contributed by atoms with van der Waals surface area (Å²) < 4.78 is 13.6. The first kappa shape index (κ1) is 12.8. The third kappa shape index (κ3) is 2.19. The molecular weight excluding hydrogens is 286 g/mol. The van der Waals surface area contributed by atoms with Gasteiger partial charge in [0.15, 0.2) is 6.29 Å². The second-order valence-corrected chi connectivity index (χ2v) is 5.84. The molecule has 2 aromatic carbocycles. The topological polar surface area (TPSA) is 40.5 Å². The van der Waals surface area contributed by atoms with Gasteiger partial charge in [-0.15, -0.1) is 0 Å². The summed E-state index contributed by atoms with van der Waals surface area (Å²) >= 11 is 1.46. The number of aromatic nitrogens is 1. The van der Waals surface area contributed by atoms with Crippen LogP contribution in [0, 0.1) is 0 Å². The average Bonchev–Trinajstić information content (AvgIpc) is 3.17. The molecule has 0 unspecified atom stereocenters. The van der Waals surface area contributed by atoms with E-state index in [-0.39, 0.29) is 11.8 Å². The van der Waals surface area contributed by atoms with Gasteiger partial charge in [-0.05, 0) is 24.3 Å². The van der Waals surface area contributed by atoms with Crippen LogP contribution in [0.15, 0.2) is 53.3 Å². The van der Waals surface area contributed by atoms with Gasteiger partial charge in [-0.1, -0.05) is 35.8 Å². The Morgan fingerprint density at radius 2 is 1.71 bits per heavy atom. The van der Waals surface area contributed by atoms with Crippen molar-refractivity contribution in [2.24, 2.45) is 0 Å². The molecule has 1 aliphatic rings. The zero-order valence-electron chi connectivity index (χ0n) is 11.2. The predicted molar refractivity (Wildman–Crippen MR) is 82.1 cm³/mol. The molecule has 0 atom stereocenters. The quantitative estimate of drug-likeness (QED) is 0.730. The van der Waals surface area contributed by atoms with Crippen molar-refractivity contribution in [1.29, 1.82) is 0 Å². The summed E-state index contributed by atoms with van der Waals surface area (Å²) in [4.78, 5) is 12.4. The van der Waals surface area contributed by atoms with Gasteiger partial charge in [0, 0.05) is 5.56 Å². The van der Waals surface area contributed by atoms with Crippen LogP contribution >= 0.6 is 11.5 Å². The molecule has 1 saturated heterocycles. The van der Waals surface area contributed by atoms with Gasteiger partial charge in [0.25, 0.3) is 5.56 Å². The molecule has 0 saturated carbocycles. The highest BCUT2D eigenvalue weighted by molar-refractivity contribution is 7.14. The Kier molecular flexibility index (Phi) is 3.11. The van der Waals surface area contributed by atoms with Crippen molar-refractivity contribution in [3.8, 4) is 5.69 Å². The Balaban J connectivity index is 1.74. The summed E-state index contributed by atoms with van der Waals surface area (Å²) in [5.74, 6) is 0. The second-order valence-electron chi connectivity index (χ2n) is 4.85. The number of hydrogen-bond acceptors (Lipinski definition) is 4. The van der Waals surface area contributed by atoms with Gasteiger partial charge in [-0.2, -0.15) is 0 Å². The SMILES string of the molecule is O=c1c2ccccc2sn1-c1ccc(C2OCCO2)cc1. The van der Waals surface area contributed by atoms with Gasteiger partial charge in [0.1, 0.15) is 0 Å². The first-order chi connectivity index (χ1) is 10.3. The normalized spacial score (nSPS) is 15.8. The molecular formula is C16H13NO3S. The summed E-state index contributed by atoms with van der Waals surface area (Å²) in [5.41, 5.74) is 1.87. The zero-order chi connectivity index (χ0) is 14.2. The monoisotopic (exact) mass is 299 g/mol. The van der Waals surface area contributed by atoms with Crippen LogP contribution in [0.2, 0.25) is 0 Å². The Morgan fingerprint density at radius 1 is 1.00 bits per heavy atom. The van der Waals surface area contributed by atoms with Crippen LogP contribution in [0.4, 0.5) is 0 Å². The fourth-order valence-corrected chi connectivity index (χ4v) is 3.46. The van der Waals surface area contributed by atoms with E-state index in [4.69, 9.17) is 9.47 Å². The van der Waals surface area contributed by atoms with Crippen LogP contribution in [0.3, 0.4) is 0 Å². The average molecular weight is 299 g/mol. The second kappa shape index (κ2) is 5.11. The minimum atomic E-state index is -0.279. The number of benzene rings is 2. The minimum Gasteiger partial charge on any atom is -0.346 e. The van der Waals surface area contributed by atoms with Crippen molar-refractivity contribution in [2.75, 3.05) is 13.2 Å². The molecule has 21 heavy (non-hydrogen) atoms. The summed E-state index contributed by atoms with van der Waals surface area (Å²) in [7, 11) is 0. The van der Waals surface area contributed by atoms with Crippen LogP contribution in [0.5, 0.6) is 0 Å². The van der Waals surface area contributed by atoms with Crippen molar-refractivity contribution in [3.63, 3.8) is 0 Å². The van der Waals surface area contributed by atoms with E-state index in [1.807, 2.05) is 48.5 Å². The third-order valence-electron chi connectivity index (χ3n) is 3.51. The van der Waals surface area contributed by atoms with Crippen LogP contribution in [-0.4, -0.2) is 17.2 Å².